The van der Waals surface area contributed by atoms with Gasteiger partial charge in [0.2, 0.25) is 0 Å². The minimum absolute atomic E-state index is 0.137. The fourth-order valence-corrected chi connectivity index (χ4v) is 4.27. The Morgan fingerprint density at radius 2 is 2.10 bits per heavy atom. The van der Waals surface area contributed by atoms with Crippen LogP contribution in [0, 0.1) is 11.8 Å². The van der Waals surface area contributed by atoms with Gasteiger partial charge in [-0.2, -0.15) is 0 Å². The van der Waals surface area contributed by atoms with Crippen molar-refractivity contribution in [3.8, 4) is 5.75 Å². The van der Waals surface area contributed by atoms with Gasteiger partial charge in [0.05, 0.1) is 0 Å². The highest BCUT2D eigenvalue weighted by molar-refractivity contribution is 5.34. The molecule has 3 heteroatoms. The summed E-state index contributed by atoms with van der Waals surface area (Å²) in [7, 11) is 0. The Hall–Kier alpha value is -1.06. The molecule has 1 heterocycles. The van der Waals surface area contributed by atoms with Crippen molar-refractivity contribution in [1.29, 1.82) is 0 Å². The lowest BCUT2D eigenvalue weighted by molar-refractivity contribution is -0.0120. The topological polar surface area (TPSA) is 38.5 Å². The summed E-state index contributed by atoms with van der Waals surface area (Å²) in [6.45, 7) is 8.21. The van der Waals surface area contributed by atoms with Crippen molar-refractivity contribution in [2.75, 3.05) is 19.7 Å². The fraction of sp³-hybridized carbons (Fsp3) is 0.667. The van der Waals surface area contributed by atoms with Gasteiger partial charge in [0.15, 0.2) is 0 Å². The molecule has 1 aromatic carbocycles. The van der Waals surface area contributed by atoms with Crippen molar-refractivity contribution in [2.45, 2.75) is 45.2 Å². The van der Waals surface area contributed by atoms with Crippen LogP contribution in [0.1, 0.15) is 38.7 Å². The predicted octanol–water partition coefficient (Wildman–Crippen LogP) is 3.03. The highest BCUT2D eigenvalue weighted by atomic mass is 16.5. The van der Waals surface area contributed by atoms with E-state index in [0.717, 1.165) is 37.9 Å². The molecule has 1 fully saturated rings. The molecule has 1 saturated carbocycles. The quantitative estimate of drug-likeness (QED) is 0.909. The van der Waals surface area contributed by atoms with Crippen molar-refractivity contribution < 1.29 is 4.74 Å². The number of ether oxygens (including phenoxy) is 1. The number of benzene rings is 1. The van der Waals surface area contributed by atoms with Crippen LogP contribution in [0.25, 0.3) is 0 Å². The molecule has 0 aromatic heterocycles. The molecule has 3 rings (SSSR count). The maximum Gasteiger partial charge on any atom is 0.123 e. The first-order valence-electron chi connectivity index (χ1n) is 8.31. The Balaban J connectivity index is 1.90. The smallest absolute Gasteiger partial charge is 0.123 e. The van der Waals surface area contributed by atoms with Crippen LogP contribution < -0.4 is 10.5 Å². The summed E-state index contributed by atoms with van der Waals surface area (Å²) in [6, 6.07) is 8.43. The second kappa shape index (κ2) is 5.98. The van der Waals surface area contributed by atoms with Crippen molar-refractivity contribution in [3.63, 3.8) is 0 Å². The van der Waals surface area contributed by atoms with Gasteiger partial charge in [0, 0.05) is 30.7 Å². The molecule has 1 aliphatic carbocycles. The second-order valence-electron chi connectivity index (χ2n) is 6.97. The Morgan fingerprint density at radius 3 is 2.90 bits per heavy atom. The lowest BCUT2D eigenvalue weighted by atomic mass is 9.68. The summed E-state index contributed by atoms with van der Waals surface area (Å²) in [6.07, 6.45) is 3.84. The average molecular weight is 288 g/mol. The van der Waals surface area contributed by atoms with Gasteiger partial charge in [0.1, 0.15) is 12.4 Å². The summed E-state index contributed by atoms with van der Waals surface area (Å²) >= 11 is 0. The van der Waals surface area contributed by atoms with Gasteiger partial charge in [-0.15, -0.1) is 0 Å². The number of hydrogen-bond acceptors (Lipinski definition) is 3. The van der Waals surface area contributed by atoms with Gasteiger partial charge < -0.3 is 10.5 Å². The third-order valence-corrected chi connectivity index (χ3v) is 5.65. The lowest BCUT2D eigenvalue weighted by Crippen LogP contribution is -2.60. The van der Waals surface area contributed by atoms with E-state index in [1.165, 1.54) is 24.8 Å². The van der Waals surface area contributed by atoms with Crippen LogP contribution in [-0.2, 0) is 6.54 Å². The molecule has 3 unspecified atom stereocenters. The van der Waals surface area contributed by atoms with E-state index in [0.29, 0.717) is 5.92 Å². The largest absolute Gasteiger partial charge is 0.492 e. The zero-order chi connectivity index (χ0) is 14.9. The SMILES string of the molecule is CC1CCC(C)C(CN)(N2CCOc3ccccc3C2)C1. The average Bonchev–Trinajstić information content (AvgIpc) is 2.72. The standard InChI is InChI=1S/C18H28N2O/c1-14-7-8-15(2)18(11-14,13-19)20-9-10-21-17-6-4-3-5-16(17)12-20/h3-6,14-15H,7-13,19H2,1-2H3. The maximum absolute atomic E-state index is 6.31. The molecule has 3 nitrogen and oxygen atoms in total. The van der Waals surface area contributed by atoms with E-state index in [2.05, 4.69) is 43.0 Å². The summed E-state index contributed by atoms with van der Waals surface area (Å²) in [4.78, 5) is 2.61. The Bertz CT molecular complexity index is 490. The molecule has 0 saturated heterocycles. The number of nitrogens with two attached hydrogens (primary N) is 1. The summed E-state index contributed by atoms with van der Waals surface area (Å²) in [5.41, 5.74) is 7.75. The zero-order valence-electron chi connectivity index (χ0n) is 13.3. The van der Waals surface area contributed by atoms with E-state index in [1.807, 2.05) is 0 Å². The van der Waals surface area contributed by atoms with E-state index in [1.54, 1.807) is 0 Å². The van der Waals surface area contributed by atoms with E-state index in [9.17, 15) is 0 Å². The van der Waals surface area contributed by atoms with Crippen molar-refractivity contribution in [1.82, 2.24) is 4.90 Å². The molecule has 0 spiro atoms. The van der Waals surface area contributed by atoms with Crippen molar-refractivity contribution in [3.05, 3.63) is 29.8 Å². The molecule has 0 bridgehead atoms. The van der Waals surface area contributed by atoms with Crippen LogP contribution in [0.3, 0.4) is 0 Å². The third-order valence-electron chi connectivity index (χ3n) is 5.65. The van der Waals surface area contributed by atoms with E-state index in [4.69, 9.17) is 10.5 Å². The summed E-state index contributed by atoms with van der Waals surface area (Å²) in [5.74, 6) is 2.47. The minimum atomic E-state index is 0.137. The van der Waals surface area contributed by atoms with Gasteiger partial charge in [0.25, 0.3) is 0 Å². The molecule has 0 amide bonds. The van der Waals surface area contributed by atoms with E-state index < -0.39 is 0 Å². The summed E-state index contributed by atoms with van der Waals surface area (Å²) in [5, 5.41) is 0. The molecular formula is C18H28N2O. The van der Waals surface area contributed by atoms with Crippen LogP contribution in [0.4, 0.5) is 0 Å². The first-order valence-corrected chi connectivity index (χ1v) is 8.31. The maximum atomic E-state index is 6.31. The highest BCUT2D eigenvalue weighted by Crippen LogP contribution is 2.42. The summed E-state index contributed by atoms with van der Waals surface area (Å²) < 4.78 is 5.94. The Morgan fingerprint density at radius 1 is 1.29 bits per heavy atom. The fourth-order valence-electron chi connectivity index (χ4n) is 4.27. The number of nitrogens with zero attached hydrogens (tertiary/aromatic N) is 1. The molecule has 0 radical (unpaired) electrons. The third kappa shape index (κ3) is 2.69. The number of rotatable bonds is 2. The van der Waals surface area contributed by atoms with Gasteiger partial charge in [-0.05, 0) is 30.7 Å². The number of fused-ring (bicyclic) bond motifs is 1. The van der Waals surface area contributed by atoms with Crippen LogP contribution in [0.5, 0.6) is 5.75 Å². The Kier molecular flexibility index (Phi) is 4.23. The minimum Gasteiger partial charge on any atom is -0.492 e. The highest BCUT2D eigenvalue weighted by Gasteiger charge is 2.44. The second-order valence-corrected chi connectivity index (χ2v) is 6.97. The van der Waals surface area contributed by atoms with Crippen LogP contribution in [0.15, 0.2) is 24.3 Å². The van der Waals surface area contributed by atoms with Gasteiger partial charge in [-0.25, -0.2) is 0 Å². The number of para-hydroxylation sites is 1. The zero-order valence-corrected chi connectivity index (χ0v) is 13.3. The molecule has 3 atom stereocenters. The molecule has 116 valence electrons. The molecule has 2 aliphatic rings. The van der Waals surface area contributed by atoms with Crippen LogP contribution in [0.2, 0.25) is 0 Å². The van der Waals surface area contributed by atoms with Crippen molar-refractivity contribution >= 4 is 0 Å². The predicted molar refractivity (Wildman–Crippen MR) is 86.3 cm³/mol. The lowest BCUT2D eigenvalue weighted by Gasteiger charge is -2.51. The van der Waals surface area contributed by atoms with E-state index >= 15 is 0 Å². The van der Waals surface area contributed by atoms with Gasteiger partial charge >= 0.3 is 0 Å². The molecular weight excluding hydrogens is 260 g/mol. The van der Waals surface area contributed by atoms with Crippen LogP contribution >= 0.6 is 0 Å². The van der Waals surface area contributed by atoms with E-state index in [-0.39, 0.29) is 5.54 Å². The Labute approximate surface area is 128 Å². The van der Waals surface area contributed by atoms with Gasteiger partial charge in [-0.1, -0.05) is 38.5 Å². The van der Waals surface area contributed by atoms with Crippen LogP contribution in [-0.4, -0.2) is 30.1 Å². The first kappa shape index (κ1) is 14.9. The van der Waals surface area contributed by atoms with Gasteiger partial charge in [-0.3, -0.25) is 4.90 Å². The molecule has 2 N–H and O–H groups in total. The molecule has 1 aliphatic heterocycles. The molecule has 1 aromatic rings. The first-order chi connectivity index (χ1) is 10.2. The normalized spacial score (nSPS) is 33.9. The monoisotopic (exact) mass is 288 g/mol. The molecule has 21 heavy (non-hydrogen) atoms. The number of hydrogen-bond donors (Lipinski definition) is 1. The van der Waals surface area contributed by atoms with Crippen molar-refractivity contribution in [2.24, 2.45) is 17.6 Å².